The van der Waals surface area contributed by atoms with Crippen LogP contribution in [0.5, 0.6) is 0 Å². The standard InChI is InChI=1S/C11H12N2O2S/c1-2-9-7-6-8-4-3-5-10(11(8)13-9)16(12,14)15/h3-7H,2H2,1H3,(H2,12,14,15). The van der Waals surface area contributed by atoms with E-state index in [9.17, 15) is 8.42 Å². The fraction of sp³-hybridized carbons (Fsp3) is 0.182. The molecule has 16 heavy (non-hydrogen) atoms. The SMILES string of the molecule is CCc1ccc2cccc(S(N)(=O)=O)c2n1. The largest absolute Gasteiger partial charge is 0.251 e. The van der Waals surface area contributed by atoms with Gasteiger partial charge < -0.3 is 0 Å². The molecule has 1 aromatic carbocycles. The molecule has 1 heterocycles. The Hall–Kier alpha value is -1.46. The van der Waals surface area contributed by atoms with Crippen LogP contribution < -0.4 is 5.14 Å². The second kappa shape index (κ2) is 3.84. The summed E-state index contributed by atoms with van der Waals surface area (Å²) < 4.78 is 22.8. The molecular weight excluding hydrogens is 224 g/mol. The number of benzene rings is 1. The second-order valence-corrected chi connectivity index (χ2v) is 5.06. The molecule has 84 valence electrons. The average molecular weight is 236 g/mol. The van der Waals surface area contributed by atoms with Crippen LogP contribution in [0.2, 0.25) is 0 Å². The number of rotatable bonds is 2. The van der Waals surface area contributed by atoms with E-state index in [1.54, 1.807) is 6.07 Å². The summed E-state index contributed by atoms with van der Waals surface area (Å²) in [7, 11) is -3.72. The van der Waals surface area contributed by atoms with Crippen LogP contribution in [0.4, 0.5) is 0 Å². The van der Waals surface area contributed by atoms with Gasteiger partial charge in [-0.15, -0.1) is 0 Å². The van der Waals surface area contributed by atoms with Gasteiger partial charge in [0.15, 0.2) is 0 Å². The monoisotopic (exact) mass is 236 g/mol. The van der Waals surface area contributed by atoms with Crippen LogP contribution in [-0.4, -0.2) is 13.4 Å². The molecular formula is C11H12N2O2S. The molecule has 5 heteroatoms. The maximum Gasteiger partial charge on any atom is 0.240 e. The van der Waals surface area contributed by atoms with E-state index in [0.29, 0.717) is 5.52 Å². The quantitative estimate of drug-likeness (QED) is 0.857. The van der Waals surface area contributed by atoms with Gasteiger partial charge in [-0.1, -0.05) is 25.1 Å². The molecule has 0 bridgehead atoms. The maximum absolute atomic E-state index is 11.4. The van der Waals surface area contributed by atoms with Gasteiger partial charge >= 0.3 is 0 Å². The van der Waals surface area contributed by atoms with E-state index in [-0.39, 0.29) is 4.90 Å². The first-order chi connectivity index (χ1) is 7.52. The molecule has 0 saturated carbocycles. The second-order valence-electron chi connectivity index (χ2n) is 3.53. The van der Waals surface area contributed by atoms with Crippen molar-refractivity contribution in [2.75, 3.05) is 0 Å². The molecule has 0 aliphatic heterocycles. The van der Waals surface area contributed by atoms with Crippen molar-refractivity contribution < 1.29 is 8.42 Å². The number of sulfonamides is 1. The number of hydrogen-bond donors (Lipinski definition) is 1. The van der Waals surface area contributed by atoms with Crippen molar-refractivity contribution in [2.24, 2.45) is 5.14 Å². The van der Waals surface area contributed by atoms with Crippen LogP contribution >= 0.6 is 0 Å². The Kier molecular flexibility index (Phi) is 2.65. The van der Waals surface area contributed by atoms with E-state index in [4.69, 9.17) is 5.14 Å². The molecule has 0 saturated heterocycles. The number of hydrogen-bond acceptors (Lipinski definition) is 3. The van der Waals surface area contributed by atoms with Gasteiger partial charge in [0, 0.05) is 11.1 Å². The van der Waals surface area contributed by atoms with Crippen LogP contribution in [0.15, 0.2) is 35.2 Å². The Morgan fingerprint density at radius 1 is 1.25 bits per heavy atom. The minimum Gasteiger partial charge on any atom is -0.251 e. The van der Waals surface area contributed by atoms with E-state index in [1.807, 2.05) is 25.1 Å². The van der Waals surface area contributed by atoms with Gasteiger partial charge in [-0.05, 0) is 18.6 Å². The van der Waals surface area contributed by atoms with Crippen molar-refractivity contribution in [3.8, 4) is 0 Å². The molecule has 0 fully saturated rings. The van der Waals surface area contributed by atoms with Gasteiger partial charge in [-0.25, -0.2) is 13.6 Å². The number of para-hydroxylation sites is 1. The third kappa shape index (κ3) is 1.91. The number of primary sulfonamides is 1. The molecule has 2 aromatic rings. The predicted molar refractivity (Wildman–Crippen MR) is 62.5 cm³/mol. The smallest absolute Gasteiger partial charge is 0.240 e. The van der Waals surface area contributed by atoms with E-state index in [1.165, 1.54) is 6.07 Å². The Bertz CT molecular complexity index is 635. The molecule has 0 aliphatic carbocycles. The van der Waals surface area contributed by atoms with Crippen molar-refractivity contribution in [3.05, 3.63) is 36.0 Å². The van der Waals surface area contributed by atoms with Gasteiger partial charge in [0.1, 0.15) is 4.90 Å². The molecule has 2 rings (SSSR count). The van der Waals surface area contributed by atoms with Crippen LogP contribution in [0.3, 0.4) is 0 Å². The lowest BCUT2D eigenvalue weighted by molar-refractivity contribution is 0.598. The van der Waals surface area contributed by atoms with Crippen molar-refractivity contribution in [1.82, 2.24) is 4.98 Å². The molecule has 4 nitrogen and oxygen atoms in total. The molecule has 0 unspecified atom stereocenters. The summed E-state index contributed by atoms with van der Waals surface area (Å²) in [5.41, 5.74) is 1.30. The third-order valence-corrected chi connectivity index (χ3v) is 3.35. The van der Waals surface area contributed by atoms with Crippen LogP contribution in [0.1, 0.15) is 12.6 Å². The summed E-state index contributed by atoms with van der Waals surface area (Å²) in [5.74, 6) is 0. The van der Waals surface area contributed by atoms with Crippen LogP contribution in [0.25, 0.3) is 10.9 Å². The first-order valence-corrected chi connectivity index (χ1v) is 6.48. The zero-order valence-electron chi connectivity index (χ0n) is 8.84. The Morgan fingerprint density at radius 2 is 2.00 bits per heavy atom. The lowest BCUT2D eigenvalue weighted by Gasteiger charge is -2.05. The number of aryl methyl sites for hydroxylation is 1. The third-order valence-electron chi connectivity index (χ3n) is 2.41. The summed E-state index contributed by atoms with van der Waals surface area (Å²) in [6, 6.07) is 8.70. The fourth-order valence-electron chi connectivity index (χ4n) is 1.59. The highest BCUT2D eigenvalue weighted by molar-refractivity contribution is 7.89. The van der Waals surface area contributed by atoms with Crippen molar-refractivity contribution >= 4 is 20.9 Å². The molecule has 0 atom stereocenters. The zero-order valence-corrected chi connectivity index (χ0v) is 9.66. The van der Waals surface area contributed by atoms with Crippen molar-refractivity contribution in [1.29, 1.82) is 0 Å². The normalized spacial score (nSPS) is 11.9. The van der Waals surface area contributed by atoms with Gasteiger partial charge in [-0.3, -0.25) is 4.98 Å². The summed E-state index contributed by atoms with van der Waals surface area (Å²) in [5, 5.41) is 5.93. The number of fused-ring (bicyclic) bond motifs is 1. The van der Waals surface area contributed by atoms with E-state index < -0.39 is 10.0 Å². The molecule has 0 spiro atoms. The number of aromatic nitrogens is 1. The lowest BCUT2D eigenvalue weighted by Crippen LogP contribution is -2.13. The minimum absolute atomic E-state index is 0.0836. The Labute approximate surface area is 94.2 Å². The van der Waals surface area contributed by atoms with Gasteiger partial charge in [-0.2, -0.15) is 0 Å². The van der Waals surface area contributed by atoms with Crippen LogP contribution in [-0.2, 0) is 16.4 Å². The highest BCUT2D eigenvalue weighted by Crippen LogP contribution is 2.20. The van der Waals surface area contributed by atoms with Gasteiger partial charge in [0.25, 0.3) is 0 Å². The predicted octanol–water partition coefficient (Wildman–Crippen LogP) is 1.44. The Balaban J connectivity index is 2.85. The molecule has 1 aromatic heterocycles. The lowest BCUT2D eigenvalue weighted by atomic mass is 10.2. The number of nitrogens with zero attached hydrogens (tertiary/aromatic N) is 1. The average Bonchev–Trinajstić information content (AvgIpc) is 2.26. The first-order valence-electron chi connectivity index (χ1n) is 4.94. The fourth-order valence-corrected chi connectivity index (χ4v) is 2.29. The molecule has 2 N–H and O–H groups in total. The van der Waals surface area contributed by atoms with Crippen LogP contribution in [0, 0.1) is 0 Å². The summed E-state index contributed by atoms with van der Waals surface area (Å²) in [4.78, 5) is 4.38. The van der Waals surface area contributed by atoms with E-state index in [0.717, 1.165) is 17.5 Å². The minimum atomic E-state index is -3.72. The first kappa shape index (κ1) is 11.0. The van der Waals surface area contributed by atoms with E-state index >= 15 is 0 Å². The van der Waals surface area contributed by atoms with Crippen molar-refractivity contribution in [2.45, 2.75) is 18.2 Å². The zero-order chi connectivity index (χ0) is 11.8. The maximum atomic E-state index is 11.4. The highest BCUT2D eigenvalue weighted by Gasteiger charge is 2.13. The van der Waals surface area contributed by atoms with E-state index in [2.05, 4.69) is 4.98 Å². The Morgan fingerprint density at radius 3 is 2.62 bits per heavy atom. The molecule has 0 amide bonds. The van der Waals surface area contributed by atoms with Gasteiger partial charge in [0.2, 0.25) is 10.0 Å². The summed E-state index contributed by atoms with van der Waals surface area (Å²) in [6.07, 6.45) is 0.759. The summed E-state index contributed by atoms with van der Waals surface area (Å²) in [6.45, 7) is 1.97. The number of nitrogens with two attached hydrogens (primary N) is 1. The number of pyridine rings is 1. The summed E-state index contributed by atoms with van der Waals surface area (Å²) >= 11 is 0. The molecule has 0 radical (unpaired) electrons. The molecule has 0 aliphatic rings. The van der Waals surface area contributed by atoms with Gasteiger partial charge in [0.05, 0.1) is 5.52 Å². The van der Waals surface area contributed by atoms with Crippen molar-refractivity contribution in [3.63, 3.8) is 0 Å². The topological polar surface area (TPSA) is 73.1 Å². The highest BCUT2D eigenvalue weighted by atomic mass is 32.2.